The lowest BCUT2D eigenvalue weighted by Crippen LogP contribution is -3.06. The van der Waals surface area contributed by atoms with Crippen molar-refractivity contribution < 1.29 is 13.3 Å². The normalized spacial score (nSPS) is 15.9. The summed E-state index contributed by atoms with van der Waals surface area (Å²) in [4.78, 5) is 3.91. The minimum Gasteiger partial charge on any atom is -0.357 e. The van der Waals surface area contributed by atoms with Crippen LogP contribution in [0.2, 0.25) is 0 Å². The Morgan fingerprint density at radius 1 is 0.929 bits per heavy atom. The van der Waals surface area contributed by atoms with E-state index in [-0.39, 0.29) is 0 Å². The maximum Gasteiger partial charge on any atom is 0.243 e. The third kappa shape index (κ3) is 4.67. The van der Waals surface area contributed by atoms with Crippen molar-refractivity contribution in [1.82, 2.24) is 14.5 Å². The molecule has 0 saturated carbocycles. The molecule has 0 radical (unpaired) electrons. The number of hydrogen-bond acceptors (Lipinski definition) is 3. The lowest BCUT2D eigenvalue weighted by Gasteiger charge is -2.36. The van der Waals surface area contributed by atoms with Gasteiger partial charge in [-0.25, -0.2) is 8.42 Å². The van der Waals surface area contributed by atoms with Gasteiger partial charge in [-0.3, -0.25) is 0 Å². The van der Waals surface area contributed by atoms with Crippen molar-refractivity contribution in [1.29, 1.82) is 0 Å². The monoisotopic (exact) mass is 427 g/mol. The van der Waals surface area contributed by atoms with E-state index in [9.17, 15) is 8.42 Å². The van der Waals surface area contributed by atoms with Gasteiger partial charge in [0.05, 0.1) is 32.1 Å². The lowest BCUT2D eigenvalue weighted by atomic mass is 9.95. The Morgan fingerprint density at radius 3 is 1.86 bits per heavy atom. The third-order valence-electron chi connectivity index (χ3n) is 5.96. The van der Waals surface area contributed by atoms with Gasteiger partial charge in [-0.2, -0.15) is 4.31 Å². The zero-order chi connectivity index (χ0) is 21.2. The lowest BCUT2D eigenvalue weighted by molar-refractivity contribution is -0.856. The molecular formula is C20H35N4O2S2+. The molecule has 8 heteroatoms. The van der Waals surface area contributed by atoms with Crippen LogP contribution in [0.3, 0.4) is 0 Å². The van der Waals surface area contributed by atoms with Crippen LogP contribution in [0, 0.1) is 34.6 Å². The fraction of sp³-hybridized carbons (Fsp3) is 0.650. The molecule has 0 atom stereocenters. The predicted octanol–water partition coefficient (Wildman–Crippen LogP) is 0.554. The number of nitrogens with one attached hydrogen (secondary N) is 2. The summed E-state index contributed by atoms with van der Waals surface area (Å²) >= 11 is 5.48. The first-order valence-electron chi connectivity index (χ1n) is 9.87. The second kappa shape index (κ2) is 9.07. The molecule has 158 valence electrons. The summed E-state index contributed by atoms with van der Waals surface area (Å²) in [6.07, 6.45) is 0. The Bertz CT molecular complexity index is 813. The van der Waals surface area contributed by atoms with Gasteiger partial charge in [0.2, 0.25) is 10.0 Å². The molecule has 6 nitrogen and oxygen atoms in total. The first-order valence-corrected chi connectivity index (χ1v) is 11.7. The number of hydrogen-bond donors (Lipinski definition) is 2. The molecule has 2 N–H and O–H groups in total. The predicted molar refractivity (Wildman–Crippen MR) is 119 cm³/mol. The van der Waals surface area contributed by atoms with Crippen molar-refractivity contribution in [3.63, 3.8) is 0 Å². The molecule has 0 unspecified atom stereocenters. The van der Waals surface area contributed by atoms with Gasteiger partial charge >= 0.3 is 0 Å². The maximum absolute atomic E-state index is 13.4. The van der Waals surface area contributed by atoms with Gasteiger partial charge in [-0.05, 0) is 74.7 Å². The minimum atomic E-state index is -3.52. The highest BCUT2D eigenvalue weighted by molar-refractivity contribution is 7.89. The Hall–Kier alpha value is -1.22. The summed E-state index contributed by atoms with van der Waals surface area (Å²) in [5.41, 5.74) is 5.04. The zero-order valence-electron chi connectivity index (χ0n) is 18.3. The van der Waals surface area contributed by atoms with E-state index in [1.807, 2.05) is 27.7 Å². The van der Waals surface area contributed by atoms with Crippen molar-refractivity contribution in [2.24, 2.45) is 0 Å². The van der Waals surface area contributed by atoms with E-state index < -0.39 is 10.0 Å². The average Bonchev–Trinajstić information content (AvgIpc) is 2.64. The molecule has 1 fully saturated rings. The summed E-state index contributed by atoms with van der Waals surface area (Å²) in [6.45, 7) is 13.9. The van der Waals surface area contributed by atoms with Gasteiger partial charge in [0.15, 0.2) is 5.11 Å². The van der Waals surface area contributed by atoms with Crippen molar-refractivity contribution in [2.75, 3.05) is 53.4 Å². The number of nitrogens with zero attached hydrogens (tertiary/aromatic N) is 2. The standard InChI is InChI=1S/C20H34N4O2S2/c1-14-15(2)17(4)19(18(5)16(14)3)28(25,26)24-12-10-23(11-13-24)20(27)21-8-9-22(6)7/h8-13H2,1-7H3,(H,21,27)/p+1. The van der Waals surface area contributed by atoms with Crippen LogP contribution in [0.5, 0.6) is 0 Å². The smallest absolute Gasteiger partial charge is 0.243 e. The molecule has 0 amide bonds. The first kappa shape index (κ1) is 23.1. The van der Waals surface area contributed by atoms with Crippen LogP contribution in [0.15, 0.2) is 4.90 Å². The van der Waals surface area contributed by atoms with E-state index in [1.165, 1.54) is 10.5 Å². The number of rotatable bonds is 5. The second-order valence-corrected chi connectivity index (χ2v) is 10.3. The minimum absolute atomic E-state index is 0.452. The SMILES string of the molecule is Cc1c(C)c(C)c(S(=O)(=O)N2CCN(C(=S)NCC[NH+](C)C)CC2)c(C)c1C. The number of likely N-dealkylation sites (N-methyl/N-ethyl adjacent to an activating group) is 1. The maximum atomic E-state index is 13.4. The van der Waals surface area contributed by atoms with Crippen LogP contribution in [0.25, 0.3) is 0 Å². The van der Waals surface area contributed by atoms with Crippen molar-refractivity contribution in [3.05, 3.63) is 27.8 Å². The second-order valence-electron chi connectivity index (χ2n) is 8.03. The molecule has 1 aliphatic rings. The first-order chi connectivity index (χ1) is 13.0. The van der Waals surface area contributed by atoms with Crippen LogP contribution in [0.1, 0.15) is 27.8 Å². The zero-order valence-corrected chi connectivity index (χ0v) is 19.9. The molecule has 1 aromatic rings. The Morgan fingerprint density at radius 2 is 1.39 bits per heavy atom. The van der Waals surface area contributed by atoms with E-state index in [4.69, 9.17) is 12.2 Å². The number of benzene rings is 1. The molecule has 0 bridgehead atoms. The molecule has 1 saturated heterocycles. The molecule has 0 spiro atoms. The highest BCUT2D eigenvalue weighted by atomic mass is 32.2. The van der Waals surface area contributed by atoms with Crippen molar-refractivity contribution >= 4 is 27.4 Å². The molecular weight excluding hydrogens is 392 g/mol. The molecule has 28 heavy (non-hydrogen) atoms. The number of thiocarbonyl (C=S) groups is 1. The highest BCUT2D eigenvalue weighted by Crippen LogP contribution is 2.31. The van der Waals surface area contributed by atoms with Crippen LogP contribution in [-0.4, -0.2) is 76.1 Å². The topological polar surface area (TPSA) is 57.1 Å². The summed E-state index contributed by atoms with van der Waals surface area (Å²) in [5, 5.41) is 3.99. The largest absolute Gasteiger partial charge is 0.357 e. The molecule has 0 aliphatic carbocycles. The van der Waals surface area contributed by atoms with Gasteiger partial charge in [0, 0.05) is 26.2 Å². The molecule has 1 aliphatic heterocycles. The van der Waals surface area contributed by atoms with Crippen LogP contribution in [0.4, 0.5) is 0 Å². The Kier molecular flexibility index (Phi) is 7.47. The molecule has 2 rings (SSSR count). The van der Waals surface area contributed by atoms with Crippen molar-refractivity contribution in [3.8, 4) is 0 Å². The third-order valence-corrected chi connectivity index (χ3v) is 8.53. The number of quaternary nitrogens is 1. The fourth-order valence-corrected chi connectivity index (χ4v) is 5.91. The van der Waals surface area contributed by atoms with Gasteiger partial charge in [0.1, 0.15) is 0 Å². The van der Waals surface area contributed by atoms with Gasteiger partial charge in [0.25, 0.3) is 0 Å². The summed E-state index contributed by atoms with van der Waals surface area (Å²) in [5.74, 6) is 0. The Labute approximate surface area is 175 Å². The van der Waals surface area contributed by atoms with Gasteiger partial charge in [-0.15, -0.1) is 0 Å². The number of sulfonamides is 1. The average molecular weight is 428 g/mol. The van der Waals surface area contributed by atoms with Crippen molar-refractivity contribution in [2.45, 2.75) is 39.5 Å². The van der Waals surface area contributed by atoms with E-state index in [1.54, 1.807) is 4.31 Å². The van der Waals surface area contributed by atoms with E-state index >= 15 is 0 Å². The quantitative estimate of drug-likeness (QED) is 0.673. The van der Waals surface area contributed by atoms with Crippen LogP contribution >= 0.6 is 12.2 Å². The van der Waals surface area contributed by atoms with Gasteiger partial charge < -0.3 is 15.1 Å². The van der Waals surface area contributed by atoms with E-state index in [0.29, 0.717) is 36.2 Å². The molecule has 0 aromatic heterocycles. The van der Waals surface area contributed by atoms with E-state index in [2.05, 4.69) is 31.2 Å². The number of piperazine rings is 1. The van der Waals surface area contributed by atoms with Crippen LogP contribution in [-0.2, 0) is 10.0 Å². The summed E-state index contributed by atoms with van der Waals surface area (Å²) < 4.78 is 28.5. The summed E-state index contributed by atoms with van der Waals surface area (Å²) in [7, 11) is 0.685. The highest BCUT2D eigenvalue weighted by Gasteiger charge is 2.32. The fourth-order valence-electron chi connectivity index (χ4n) is 3.64. The van der Waals surface area contributed by atoms with Crippen LogP contribution < -0.4 is 10.2 Å². The summed E-state index contributed by atoms with van der Waals surface area (Å²) in [6, 6.07) is 0. The van der Waals surface area contributed by atoms with Gasteiger partial charge in [-0.1, -0.05) is 0 Å². The molecule has 1 heterocycles. The van der Waals surface area contributed by atoms with E-state index in [0.717, 1.165) is 35.3 Å². The molecule has 1 aromatic carbocycles. The Balaban J connectivity index is 2.13.